The number of nitrogens with one attached hydrogen (secondary N) is 1. The summed E-state index contributed by atoms with van der Waals surface area (Å²) < 4.78 is 0. The summed E-state index contributed by atoms with van der Waals surface area (Å²) in [5.74, 6) is 0. The van der Waals surface area contributed by atoms with E-state index in [4.69, 9.17) is 0 Å². The van der Waals surface area contributed by atoms with Crippen molar-refractivity contribution in [2.75, 3.05) is 26.7 Å². The van der Waals surface area contributed by atoms with E-state index in [1.54, 1.807) is 0 Å². The highest BCUT2D eigenvalue weighted by Gasteiger charge is 2.17. The van der Waals surface area contributed by atoms with Crippen LogP contribution in [0.15, 0.2) is 12.1 Å². The molecule has 20 heavy (non-hydrogen) atoms. The van der Waals surface area contributed by atoms with Crippen LogP contribution in [0, 0.1) is 20.8 Å². The maximum atomic E-state index is 3.73. The number of hydrogen-bond donors (Lipinski definition) is 1. The summed E-state index contributed by atoms with van der Waals surface area (Å²) >= 11 is 0. The summed E-state index contributed by atoms with van der Waals surface area (Å²) in [6, 6.07) is 5.05. The highest BCUT2D eigenvalue weighted by atomic mass is 15.1. The van der Waals surface area contributed by atoms with Crippen LogP contribution in [0.5, 0.6) is 0 Å². The van der Waals surface area contributed by atoms with Gasteiger partial charge < -0.3 is 10.2 Å². The molecule has 0 spiro atoms. The molecule has 0 aromatic heterocycles. The predicted molar refractivity (Wildman–Crippen MR) is 89.5 cm³/mol. The Hall–Kier alpha value is -0.860. The Morgan fingerprint density at radius 2 is 1.65 bits per heavy atom. The first kappa shape index (κ1) is 17.2. The molecule has 0 saturated heterocycles. The molecule has 0 bridgehead atoms. The van der Waals surface area contributed by atoms with Crippen LogP contribution < -0.4 is 5.32 Å². The topological polar surface area (TPSA) is 15.3 Å². The van der Waals surface area contributed by atoms with Crippen molar-refractivity contribution in [2.24, 2.45) is 0 Å². The highest BCUT2D eigenvalue weighted by molar-refractivity contribution is 5.39. The third-order valence-corrected chi connectivity index (χ3v) is 3.83. The van der Waals surface area contributed by atoms with Gasteiger partial charge in [-0.25, -0.2) is 0 Å². The fourth-order valence-electron chi connectivity index (χ4n) is 3.10. The summed E-state index contributed by atoms with van der Waals surface area (Å²) in [7, 11) is 2.23. The highest BCUT2D eigenvalue weighted by Crippen LogP contribution is 2.24. The molecule has 2 heteroatoms. The van der Waals surface area contributed by atoms with E-state index < -0.39 is 0 Å². The van der Waals surface area contributed by atoms with Gasteiger partial charge in [0.1, 0.15) is 0 Å². The van der Waals surface area contributed by atoms with Crippen molar-refractivity contribution in [3.05, 3.63) is 34.4 Å². The zero-order chi connectivity index (χ0) is 15.1. The molecule has 0 aliphatic carbocycles. The molecule has 0 heterocycles. The molecule has 0 aliphatic heterocycles. The SMILES string of the molecule is CCCNC(CN(C)CCC)c1c(C)cc(C)cc1C. The molecule has 1 rings (SSSR count). The molecule has 2 nitrogen and oxygen atoms in total. The van der Waals surface area contributed by atoms with Crippen molar-refractivity contribution in [1.29, 1.82) is 0 Å². The van der Waals surface area contributed by atoms with Gasteiger partial charge in [0.15, 0.2) is 0 Å². The van der Waals surface area contributed by atoms with Crippen molar-refractivity contribution in [2.45, 2.75) is 53.5 Å². The van der Waals surface area contributed by atoms with Gasteiger partial charge in [0.05, 0.1) is 0 Å². The van der Waals surface area contributed by atoms with E-state index in [9.17, 15) is 0 Å². The fourth-order valence-corrected chi connectivity index (χ4v) is 3.10. The first-order valence-corrected chi connectivity index (χ1v) is 7.99. The molecule has 0 fully saturated rings. The molecule has 1 aromatic carbocycles. The average molecular weight is 276 g/mol. The number of likely N-dealkylation sites (N-methyl/N-ethyl adjacent to an activating group) is 1. The Kier molecular flexibility index (Phi) is 7.25. The lowest BCUT2D eigenvalue weighted by atomic mass is 9.93. The third-order valence-electron chi connectivity index (χ3n) is 3.83. The normalized spacial score (nSPS) is 12.9. The van der Waals surface area contributed by atoms with Crippen molar-refractivity contribution in [3.63, 3.8) is 0 Å². The summed E-state index contributed by atoms with van der Waals surface area (Å²) in [5.41, 5.74) is 5.69. The molecule has 1 aromatic rings. The summed E-state index contributed by atoms with van der Waals surface area (Å²) in [6.45, 7) is 14.5. The Balaban J connectivity index is 2.97. The smallest absolute Gasteiger partial charge is 0.0454 e. The minimum Gasteiger partial charge on any atom is -0.309 e. The second-order valence-corrected chi connectivity index (χ2v) is 6.08. The minimum absolute atomic E-state index is 0.437. The van der Waals surface area contributed by atoms with Gasteiger partial charge in [0.25, 0.3) is 0 Å². The molecular formula is C18H32N2. The number of nitrogens with zero attached hydrogens (tertiary/aromatic N) is 1. The average Bonchev–Trinajstić information content (AvgIpc) is 2.34. The van der Waals surface area contributed by atoms with E-state index in [-0.39, 0.29) is 0 Å². The molecule has 0 aliphatic rings. The zero-order valence-corrected chi connectivity index (χ0v) is 14.2. The monoisotopic (exact) mass is 276 g/mol. The van der Waals surface area contributed by atoms with Gasteiger partial charge >= 0.3 is 0 Å². The van der Waals surface area contributed by atoms with Crippen LogP contribution in [0.1, 0.15) is 55.0 Å². The van der Waals surface area contributed by atoms with Gasteiger partial charge in [-0.3, -0.25) is 0 Å². The second-order valence-electron chi connectivity index (χ2n) is 6.08. The maximum Gasteiger partial charge on any atom is 0.0454 e. The second kappa shape index (κ2) is 8.43. The Morgan fingerprint density at radius 3 is 2.15 bits per heavy atom. The third kappa shape index (κ3) is 4.92. The van der Waals surface area contributed by atoms with Crippen LogP contribution >= 0.6 is 0 Å². The number of aryl methyl sites for hydroxylation is 3. The summed E-state index contributed by atoms with van der Waals surface area (Å²) in [4.78, 5) is 2.44. The van der Waals surface area contributed by atoms with E-state index >= 15 is 0 Å². The first-order chi connectivity index (χ1) is 9.49. The van der Waals surface area contributed by atoms with E-state index in [1.165, 1.54) is 35.1 Å². The predicted octanol–water partition coefficient (Wildman–Crippen LogP) is 3.99. The quantitative estimate of drug-likeness (QED) is 0.772. The van der Waals surface area contributed by atoms with Gasteiger partial charge in [0, 0.05) is 12.6 Å². The molecular weight excluding hydrogens is 244 g/mol. The number of rotatable bonds is 8. The number of hydrogen-bond acceptors (Lipinski definition) is 2. The Labute approximate surface area is 125 Å². The van der Waals surface area contributed by atoms with Crippen LogP contribution in [0.2, 0.25) is 0 Å². The molecule has 0 radical (unpaired) electrons. The van der Waals surface area contributed by atoms with Crippen LogP contribution in [0.4, 0.5) is 0 Å². The molecule has 1 unspecified atom stereocenters. The maximum absolute atomic E-state index is 3.73. The standard InChI is InChI=1S/C18H32N2/c1-7-9-19-17(13-20(6)10-8-2)18-15(4)11-14(3)12-16(18)5/h11-12,17,19H,7-10,13H2,1-6H3. The Morgan fingerprint density at radius 1 is 1.05 bits per heavy atom. The molecule has 0 saturated carbocycles. The Bertz CT molecular complexity index is 389. The van der Waals surface area contributed by atoms with E-state index in [2.05, 4.69) is 64.0 Å². The van der Waals surface area contributed by atoms with Crippen molar-refractivity contribution in [3.8, 4) is 0 Å². The van der Waals surface area contributed by atoms with E-state index in [1.807, 2.05) is 0 Å². The van der Waals surface area contributed by atoms with Gasteiger partial charge in [-0.1, -0.05) is 31.5 Å². The van der Waals surface area contributed by atoms with Crippen molar-refractivity contribution < 1.29 is 0 Å². The van der Waals surface area contributed by atoms with Crippen LogP contribution in [-0.2, 0) is 0 Å². The van der Waals surface area contributed by atoms with Crippen molar-refractivity contribution >= 4 is 0 Å². The molecule has 0 amide bonds. The van der Waals surface area contributed by atoms with Gasteiger partial charge in [-0.05, 0) is 70.4 Å². The number of benzene rings is 1. The largest absolute Gasteiger partial charge is 0.309 e. The lowest BCUT2D eigenvalue weighted by Crippen LogP contribution is -2.34. The van der Waals surface area contributed by atoms with Crippen LogP contribution in [-0.4, -0.2) is 31.6 Å². The van der Waals surface area contributed by atoms with E-state index in [0.29, 0.717) is 6.04 Å². The van der Waals surface area contributed by atoms with Crippen LogP contribution in [0.25, 0.3) is 0 Å². The molecule has 1 N–H and O–H groups in total. The van der Waals surface area contributed by atoms with Gasteiger partial charge in [-0.15, -0.1) is 0 Å². The fraction of sp³-hybridized carbons (Fsp3) is 0.667. The molecule has 1 atom stereocenters. The van der Waals surface area contributed by atoms with Crippen LogP contribution in [0.3, 0.4) is 0 Å². The first-order valence-electron chi connectivity index (χ1n) is 7.99. The lowest BCUT2D eigenvalue weighted by molar-refractivity contribution is 0.290. The van der Waals surface area contributed by atoms with Gasteiger partial charge in [-0.2, -0.15) is 0 Å². The van der Waals surface area contributed by atoms with Crippen molar-refractivity contribution in [1.82, 2.24) is 10.2 Å². The van der Waals surface area contributed by atoms with E-state index in [0.717, 1.165) is 19.6 Å². The molecule has 114 valence electrons. The summed E-state index contributed by atoms with van der Waals surface area (Å²) in [6.07, 6.45) is 2.39. The zero-order valence-electron chi connectivity index (χ0n) is 14.2. The van der Waals surface area contributed by atoms with Gasteiger partial charge in [0.2, 0.25) is 0 Å². The minimum atomic E-state index is 0.437. The lowest BCUT2D eigenvalue weighted by Gasteiger charge is -2.28. The summed E-state index contributed by atoms with van der Waals surface area (Å²) in [5, 5.41) is 3.73.